The topological polar surface area (TPSA) is 55.3 Å². The minimum atomic E-state index is -0.341. The summed E-state index contributed by atoms with van der Waals surface area (Å²) in [7, 11) is 1.39. The molecule has 0 unspecified atom stereocenters. The van der Waals surface area contributed by atoms with E-state index in [4.69, 9.17) is 4.74 Å². The molecule has 1 saturated heterocycles. The molecule has 0 atom stereocenters. The molecule has 2 aromatic heterocycles. The number of rotatable bonds is 4. The van der Waals surface area contributed by atoms with Crippen molar-refractivity contribution in [2.24, 2.45) is 0 Å². The van der Waals surface area contributed by atoms with Gasteiger partial charge in [0.05, 0.1) is 30.1 Å². The summed E-state index contributed by atoms with van der Waals surface area (Å²) in [5, 5.41) is 1.14. The molecule has 1 aliphatic rings. The van der Waals surface area contributed by atoms with Crippen molar-refractivity contribution < 1.29 is 9.53 Å². The van der Waals surface area contributed by atoms with Crippen LogP contribution < -0.4 is 4.90 Å². The van der Waals surface area contributed by atoms with Crippen LogP contribution in [0.3, 0.4) is 0 Å². The summed E-state index contributed by atoms with van der Waals surface area (Å²) in [6.07, 6.45) is 6.78. The minimum absolute atomic E-state index is 0.341. The van der Waals surface area contributed by atoms with Gasteiger partial charge in [-0.3, -0.25) is 9.97 Å². The fourth-order valence-electron chi connectivity index (χ4n) is 3.46. The second kappa shape index (κ2) is 7.12. The number of nitrogens with zero attached hydrogens (tertiary/aromatic N) is 3. The molecule has 0 radical (unpaired) electrons. The third-order valence-electron chi connectivity index (χ3n) is 4.83. The Balaban J connectivity index is 1.61. The summed E-state index contributed by atoms with van der Waals surface area (Å²) in [4.78, 5) is 23.1. The lowest BCUT2D eigenvalue weighted by Crippen LogP contribution is -2.17. The number of carbonyl (C=O) groups is 1. The molecule has 0 spiro atoms. The molecule has 1 aliphatic heterocycles. The van der Waals surface area contributed by atoms with Crippen molar-refractivity contribution in [3.8, 4) is 0 Å². The lowest BCUT2D eigenvalue weighted by Gasteiger charge is -2.17. The van der Waals surface area contributed by atoms with Crippen molar-refractivity contribution in [1.29, 1.82) is 0 Å². The number of aromatic nitrogens is 2. The molecule has 4 rings (SSSR count). The van der Waals surface area contributed by atoms with Gasteiger partial charge in [0.15, 0.2) is 0 Å². The van der Waals surface area contributed by atoms with Crippen molar-refractivity contribution >= 4 is 22.6 Å². The van der Waals surface area contributed by atoms with Crippen LogP contribution in [0.4, 0.5) is 5.69 Å². The summed E-state index contributed by atoms with van der Waals surface area (Å²) in [5.41, 5.74) is 4.70. The Hall–Kier alpha value is -2.95. The Bertz CT molecular complexity index is 949. The molecular weight excluding hydrogens is 326 g/mol. The van der Waals surface area contributed by atoms with E-state index < -0.39 is 0 Å². The van der Waals surface area contributed by atoms with E-state index >= 15 is 0 Å². The van der Waals surface area contributed by atoms with Crippen LogP contribution >= 0.6 is 0 Å². The molecule has 132 valence electrons. The molecule has 0 saturated carbocycles. The van der Waals surface area contributed by atoms with E-state index in [1.165, 1.54) is 25.6 Å². The highest BCUT2D eigenvalue weighted by Gasteiger charge is 2.13. The molecule has 5 heteroatoms. The Kier molecular flexibility index (Phi) is 4.52. The summed E-state index contributed by atoms with van der Waals surface area (Å²) >= 11 is 0. The Morgan fingerprint density at radius 3 is 2.77 bits per heavy atom. The van der Waals surface area contributed by atoms with Crippen molar-refractivity contribution in [3.05, 3.63) is 65.6 Å². The van der Waals surface area contributed by atoms with Gasteiger partial charge < -0.3 is 9.64 Å². The minimum Gasteiger partial charge on any atom is -0.465 e. The molecule has 5 nitrogen and oxygen atoms in total. The van der Waals surface area contributed by atoms with Crippen LogP contribution in [0.5, 0.6) is 0 Å². The van der Waals surface area contributed by atoms with Crippen LogP contribution in [0.2, 0.25) is 0 Å². The lowest BCUT2D eigenvalue weighted by atomic mass is 10.0. The first-order valence-electron chi connectivity index (χ1n) is 8.90. The predicted octanol–water partition coefficient (Wildman–Crippen LogP) is 3.61. The van der Waals surface area contributed by atoms with E-state index in [0.29, 0.717) is 12.0 Å². The fraction of sp³-hybridized carbons (Fsp3) is 0.286. The van der Waals surface area contributed by atoms with Gasteiger partial charge in [0.2, 0.25) is 0 Å². The first-order valence-corrected chi connectivity index (χ1v) is 8.90. The number of ether oxygens (including phenoxy) is 1. The Morgan fingerprint density at radius 1 is 1.12 bits per heavy atom. The zero-order chi connectivity index (χ0) is 17.9. The van der Waals surface area contributed by atoms with Crippen molar-refractivity contribution in [1.82, 2.24) is 9.97 Å². The summed E-state index contributed by atoms with van der Waals surface area (Å²) in [6.45, 7) is 2.22. The van der Waals surface area contributed by atoms with Gasteiger partial charge in [-0.15, -0.1) is 0 Å². The molecule has 1 fully saturated rings. The number of esters is 1. The van der Waals surface area contributed by atoms with E-state index in [1.807, 2.05) is 12.3 Å². The lowest BCUT2D eigenvalue weighted by molar-refractivity contribution is 0.0600. The first-order chi connectivity index (χ1) is 12.7. The second-order valence-corrected chi connectivity index (χ2v) is 6.62. The van der Waals surface area contributed by atoms with Gasteiger partial charge in [0.1, 0.15) is 0 Å². The van der Waals surface area contributed by atoms with E-state index in [1.54, 1.807) is 18.3 Å². The molecule has 0 aliphatic carbocycles. The Labute approximate surface area is 152 Å². The maximum Gasteiger partial charge on any atom is 0.337 e. The first kappa shape index (κ1) is 16.5. The molecule has 0 amide bonds. The number of pyridine rings is 2. The van der Waals surface area contributed by atoms with Gasteiger partial charge >= 0.3 is 5.97 Å². The highest BCUT2D eigenvalue weighted by molar-refractivity contribution is 5.89. The van der Waals surface area contributed by atoms with Crippen LogP contribution in [0.25, 0.3) is 10.9 Å². The quantitative estimate of drug-likeness (QED) is 0.675. The highest BCUT2D eigenvalue weighted by Crippen LogP contribution is 2.24. The smallest absolute Gasteiger partial charge is 0.337 e. The number of benzene rings is 1. The molecule has 3 aromatic rings. The second-order valence-electron chi connectivity index (χ2n) is 6.62. The number of anilines is 1. The predicted molar refractivity (Wildman–Crippen MR) is 102 cm³/mol. The van der Waals surface area contributed by atoms with E-state index in [0.717, 1.165) is 35.2 Å². The standard InChI is InChI=1S/C21H21N3O2/c1-26-21(25)16-6-7-22-18(12-16)11-15-4-5-20-17(10-15)13-19(14-23-20)24-8-2-3-9-24/h4-7,10,12-14H,2-3,8-9,11H2,1H3. The van der Waals surface area contributed by atoms with Gasteiger partial charge in [-0.25, -0.2) is 4.79 Å². The molecule has 3 heterocycles. The van der Waals surface area contributed by atoms with E-state index in [2.05, 4.69) is 33.1 Å². The number of hydrogen-bond acceptors (Lipinski definition) is 5. The molecule has 0 bridgehead atoms. The van der Waals surface area contributed by atoms with Crippen LogP contribution in [0, 0.1) is 0 Å². The zero-order valence-corrected chi connectivity index (χ0v) is 14.8. The van der Waals surface area contributed by atoms with Gasteiger partial charge in [-0.1, -0.05) is 6.07 Å². The van der Waals surface area contributed by atoms with Crippen LogP contribution in [0.15, 0.2) is 48.8 Å². The van der Waals surface area contributed by atoms with Gasteiger partial charge in [0, 0.05) is 36.8 Å². The average Bonchev–Trinajstić information content (AvgIpc) is 3.22. The molecule has 26 heavy (non-hydrogen) atoms. The van der Waals surface area contributed by atoms with Gasteiger partial charge in [-0.2, -0.15) is 0 Å². The summed E-state index contributed by atoms with van der Waals surface area (Å²) < 4.78 is 4.78. The molecule has 0 N–H and O–H groups in total. The number of fused-ring (bicyclic) bond motifs is 1. The van der Waals surface area contributed by atoms with Crippen LogP contribution in [-0.4, -0.2) is 36.1 Å². The van der Waals surface area contributed by atoms with Crippen molar-refractivity contribution in [2.45, 2.75) is 19.3 Å². The molecule has 1 aromatic carbocycles. The largest absolute Gasteiger partial charge is 0.465 e. The maximum atomic E-state index is 11.7. The number of methoxy groups -OCH3 is 1. The number of hydrogen-bond donors (Lipinski definition) is 0. The zero-order valence-electron chi connectivity index (χ0n) is 14.8. The third-order valence-corrected chi connectivity index (χ3v) is 4.83. The van der Waals surface area contributed by atoms with Crippen LogP contribution in [0.1, 0.15) is 34.5 Å². The van der Waals surface area contributed by atoms with Gasteiger partial charge in [0.25, 0.3) is 0 Å². The highest BCUT2D eigenvalue weighted by atomic mass is 16.5. The normalized spacial score (nSPS) is 14.0. The van der Waals surface area contributed by atoms with Crippen molar-refractivity contribution in [3.63, 3.8) is 0 Å². The van der Waals surface area contributed by atoms with Crippen LogP contribution in [-0.2, 0) is 11.2 Å². The maximum absolute atomic E-state index is 11.7. The fourth-order valence-corrected chi connectivity index (χ4v) is 3.46. The third kappa shape index (κ3) is 3.38. The number of carbonyl (C=O) groups excluding carboxylic acids is 1. The SMILES string of the molecule is COC(=O)c1ccnc(Cc2ccc3ncc(N4CCCC4)cc3c2)c1. The monoisotopic (exact) mass is 347 g/mol. The summed E-state index contributed by atoms with van der Waals surface area (Å²) in [6, 6.07) is 11.9. The summed E-state index contributed by atoms with van der Waals surface area (Å²) in [5.74, 6) is -0.341. The van der Waals surface area contributed by atoms with Gasteiger partial charge in [-0.05, 0) is 48.7 Å². The average molecular weight is 347 g/mol. The molecular formula is C21H21N3O2. The Morgan fingerprint density at radius 2 is 1.96 bits per heavy atom. The van der Waals surface area contributed by atoms with E-state index in [9.17, 15) is 4.79 Å². The van der Waals surface area contributed by atoms with E-state index in [-0.39, 0.29) is 5.97 Å². The van der Waals surface area contributed by atoms with Crippen molar-refractivity contribution in [2.75, 3.05) is 25.1 Å².